The van der Waals surface area contributed by atoms with Crippen LogP contribution in [0.3, 0.4) is 0 Å². The molecule has 0 heterocycles. The molecule has 0 saturated heterocycles. The van der Waals surface area contributed by atoms with Gasteiger partial charge in [0.2, 0.25) is 0 Å². The van der Waals surface area contributed by atoms with Crippen molar-refractivity contribution in [3.05, 3.63) is 18.6 Å². The van der Waals surface area contributed by atoms with Gasteiger partial charge in [0, 0.05) is 0 Å². The molecule has 40 valence electrons. The second-order valence-corrected chi connectivity index (χ2v) is 0.916. The van der Waals surface area contributed by atoms with Crippen LogP contribution in [0.4, 0.5) is 0 Å². The fraction of sp³-hybridized carbons (Fsp3) is 0.400. The average Bonchev–Trinajstić information content (AvgIpc) is 1.69. The number of ether oxygens (including phenoxy) is 1. The summed E-state index contributed by atoms with van der Waals surface area (Å²) in [6.07, 6.45) is 1.32. The smallest absolute Gasteiger partial charge is 0.125 e. The van der Waals surface area contributed by atoms with Crippen molar-refractivity contribution in [1.29, 1.82) is 0 Å². The van der Waals surface area contributed by atoms with Gasteiger partial charge in [-0.15, -0.1) is 0 Å². The van der Waals surface area contributed by atoms with Gasteiger partial charge in [0.1, 0.15) is 12.9 Å². The van der Waals surface area contributed by atoms with E-state index in [4.69, 9.17) is 5.11 Å². The van der Waals surface area contributed by atoms with Crippen molar-refractivity contribution < 1.29 is 9.84 Å². The Morgan fingerprint density at radius 1 is 1.86 bits per heavy atom. The zero-order valence-electron chi connectivity index (χ0n) is 4.05. The first-order valence-electron chi connectivity index (χ1n) is 1.98. The quantitative estimate of drug-likeness (QED) is 0.314. The molecule has 0 unspecified atom stereocenters. The lowest BCUT2D eigenvalue weighted by Crippen LogP contribution is -1.91. The molecule has 0 aliphatic rings. The van der Waals surface area contributed by atoms with Crippen molar-refractivity contribution in [2.75, 3.05) is 13.2 Å². The summed E-state index contributed by atoms with van der Waals surface area (Å²) < 4.78 is 4.58. The summed E-state index contributed by atoms with van der Waals surface area (Å²) in [5.41, 5.74) is 2.39. The summed E-state index contributed by atoms with van der Waals surface area (Å²) in [6.45, 7) is 3.61. The van der Waals surface area contributed by atoms with Gasteiger partial charge in [0.15, 0.2) is 0 Å². The Labute approximate surface area is 42.7 Å². The molecular formula is C5H8O2. The molecule has 0 aromatic rings. The highest BCUT2D eigenvalue weighted by Crippen LogP contribution is 1.69. The van der Waals surface area contributed by atoms with Gasteiger partial charge < -0.3 is 9.84 Å². The molecule has 0 radical (unpaired) electrons. The maximum atomic E-state index is 8.10. The largest absolute Gasteiger partial charge is 0.491 e. The van der Waals surface area contributed by atoms with Crippen molar-refractivity contribution >= 4 is 0 Å². The molecule has 0 atom stereocenters. The number of aliphatic hydroxyl groups excluding tert-OH is 1. The highest BCUT2D eigenvalue weighted by atomic mass is 16.5. The summed E-state index contributed by atoms with van der Waals surface area (Å²) >= 11 is 0. The van der Waals surface area contributed by atoms with Crippen molar-refractivity contribution in [2.45, 2.75) is 0 Å². The van der Waals surface area contributed by atoms with Gasteiger partial charge in [-0.05, 0) is 0 Å². The van der Waals surface area contributed by atoms with Gasteiger partial charge in [-0.2, -0.15) is 0 Å². The third-order valence-electron chi connectivity index (χ3n) is 0.376. The Morgan fingerprint density at radius 2 is 2.57 bits per heavy atom. The van der Waals surface area contributed by atoms with E-state index >= 15 is 0 Å². The van der Waals surface area contributed by atoms with Crippen LogP contribution in [0.1, 0.15) is 0 Å². The molecule has 0 aromatic carbocycles. The monoisotopic (exact) mass is 100 g/mol. The maximum absolute atomic E-state index is 8.10. The third-order valence-corrected chi connectivity index (χ3v) is 0.376. The van der Waals surface area contributed by atoms with Crippen molar-refractivity contribution in [2.24, 2.45) is 0 Å². The van der Waals surface area contributed by atoms with Gasteiger partial charge in [-0.3, -0.25) is 0 Å². The predicted molar refractivity (Wildman–Crippen MR) is 26.7 cm³/mol. The Bertz CT molecular complexity index is 72.1. The van der Waals surface area contributed by atoms with Crippen LogP contribution in [-0.4, -0.2) is 18.3 Å². The van der Waals surface area contributed by atoms with Crippen LogP contribution in [0.5, 0.6) is 0 Å². The van der Waals surface area contributed by atoms with Crippen molar-refractivity contribution in [1.82, 2.24) is 0 Å². The standard InChI is InChI=1S/C5H8O2/c1-2-4-7-5-3-6/h4,6H,1,3,5H2. The lowest BCUT2D eigenvalue weighted by molar-refractivity contribution is 0.166. The topological polar surface area (TPSA) is 29.5 Å². The van der Waals surface area contributed by atoms with Crippen LogP contribution < -0.4 is 0 Å². The van der Waals surface area contributed by atoms with E-state index in [1.54, 1.807) is 0 Å². The van der Waals surface area contributed by atoms with E-state index < -0.39 is 0 Å². The average molecular weight is 100 g/mol. The zero-order valence-corrected chi connectivity index (χ0v) is 4.05. The van der Waals surface area contributed by atoms with E-state index in [1.807, 2.05) is 0 Å². The SMILES string of the molecule is C=C=COCCO. The molecule has 2 heteroatoms. The third kappa shape index (κ3) is 5.28. The minimum atomic E-state index is 0.0399. The lowest BCUT2D eigenvalue weighted by atomic mass is 10.8. The summed E-state index contributed by atoms with van der Waals surface area (Å²) in [5, 5.41) is 8.10. The molecule has 0 spiro atoms. The Kier molecular flexibility index (Phi) is 4.74. The van der Waals surface area contributed by atoms with E-state index in [0.717, 1.165) is 0 Å². The van der Waals surface area contributed by atoms with Gasteiger partial charge in [0.25, 0.3) is 0 Å². The summed E-state index contributed by atoms with van der Waals surface area (Å²) in [5.74, 6) is 0. The normalized spacial score (nSPS) is 7.00. The first kappa shape index (κ1) is 6.28. The zero-order chi connectivity index (χ0) is 5.54. The van der Waals surface area contributed by atoms with E-state index in [1.165, 1.54) is 6.26 Å². The van der Waals surface area contributed by atoms with Crippen LogP contribution in [-0.2, 0) is 4.74 Å². The first-order chi connectivity index (χ1) is 3.41. The number of hydrogen-bond donors (Lipinski definition) is 1. The van der Waals surface area contributed by atoms with Crippen LogP contribution >= 0.6 is 0 Å². The number of rotatable bonds is 3. The van der Waals surface area contributed by atoms with Crippen LogP contribution in [0.25, 0.3) is 0 Å². The fourth-order valence-electron chi connectivity index (χ4n) is 0.171. The van der Waals surface area contributed by atoms with E-state index in [2.05, 4.69) is 17.0 Å². The molecule has 0 aliphatic carbocycles. The summed E-state index contributed by atoms with van der Waals surface area (Å²) in [4.78, 5) is 0. The minimum absolute atomic E-state index is 0.0399. The number of hydrogen-bond acceptors (Lipinski definition) is 2. The van der Waals surface area contributed by atoms with Crippen molar-refractivity contribution in [3.8, 4) is 0 Å². The van der Waals surface area contributed by atoms with E-state index in [0.29, 0.717) is 6.61 Å². The highest BCUT2D eigenvalue weighted by molar-refractivity contribution is 4.63. The molecule has 7 heavy (non-hydrogen) atoms. The molecule has 0 amide bonds. The lowest BCUT2D eigenvalue weighted by Gasteiger charge is -1.89. The Hall–Kier alpha value is -0.720. The Morgan fingerprint density at radius 3 is 3.00 bits per heavy atom. The van der Waals surface area contributed by atoms with Crippen LogP contribution in [0.15, 0.2) is 18.6 Å². The van der Waals surface area contributed by atoms with Crippen LogP contribution in [0, 0.1) is 0 Å². The van der Waals surface area contributed by atoms with Gasteiger partial charge in [0.05, 0.1) is 6.61 Å². The van der Waals surface area contributed by atoms with Crippen LogP contribution in [0.2, 0.25) is 0 Å². The minimum Gasteiger partial charge on any atom is -0.491 e. The molecule has 1 N–H and O–H groups in total. The molecule has 0 rings (SSSR count). The first-order valence-corrected chi connectivity index (χ1v) is 1.98. The molecule has 0 aromatic heterocycles. The molecule has 0 fully saturated rings. The second-order valence-electron chi connectivity index (χ2n) is 0.916. The molecule has 0 bridgehead atoms. The second kappa shape index (κ2) is 5.28. The molecule has 2 nitrogen and oxygen atoms in total. The van der Waals surface area contributed by atoms with Crippen molar-refractivity contribution in [3.63, 3.8) is 0 Å². The van der Waals surface area contributed by atoms with Gasteiger partial charge in [-0.1, -0.05) is 12.3 Å². The van der Waals surface area contributed by atoms with E-state index in [9.17, 15) is 0 Å². The summed E-state index contributed by atoms with van der Waals surface area (Å²) in [6, 6.07) is 0. The fourth-order valence-corrected chi connectivity index (χ4v) is 0.171. The molecular weight excluding hydrogens is 92.1 g/mol. The van der Waals surface area contributed by atoms with Gasteiger partial charge in [-0.25, -0.2) is 0 Å². The Balaban J connectivity index is 2.83. The highest BCUT2D eigenvalue weighted by Gasteiger charge is 1.70. The van der Waals surface area contributed by atoms with E-state index in [-0.39, 0.29) is 6.61 Å². The van der Waals surface area contributed by atoms with Gasteiger partial charge >= 0.3 is 0 Å². The maximum Gasteiger partial charge on any atom is 0.125 e. The molecule has 0 saturated carbocycles. The number of aliphatic hydroxyl groups is 1. The summed E-state index contributed by atoms with van der Waals surface area (Å²) in [7, 11) is 0. The molecule has 0 aliphatic heterocycles. The predicted octanol–water partition coefficient (Wildman–Crippen LogP) is 0.294.